The molecule has 0 amide bonds. The van der Waals surface area contributed by atoms with Crippen LogP contribution in [0, 0.1) is 0 Å². The number of allylic oxidation sites excluding steroid dienone is 2. The Labute approximate surface area is 431 Å². The van der Waals surface area contributed by atoms with Gasteiger partial charge in [-0.1, -0.05) is 212 Å². The maximum absolute atomic E-state index is 13.1. The summed E-state index contributed by atoms with van der Waals surface area (Å²) in [5.74, 6) is -0.375. The number of ether oxygens (including phenoxy) is 6. The molecule has 0 spiro atoms. The standard InChI is InChI=1S/C57H108O14/c1-3-5-7-9-11-13-15-17-19-21-22-23-25-27-29-31-33-35-37-39-41-66-43-46(69-49(59)40-38-36-34-32-30-28-26-24-20-18-16-14-12-10-8-6-4-2)44-67-56-55(65)53(63)51(61)48(71-56)45-68-57-54(64)52(62)50(60)47(42-58)70-57/h18,20,46-48,50-58,60-65H,3-17,19,21-45H2,1-2H3/b20-18-. The molecule has 420 valence electrons. The summed E-state index contributed by atoms with van der Waals surface area (Å²) in [6, 6.07) is 0. The van der Waals surface area contributed by atoms with E-state index in [2.05, 4.69) is 26.0 Å². The van der Waals surface area contributed by atoms with Crippen LogP contribution in [-0.2, 0) is 33.2 Å². The molecule has 0 saturated carbocycles. The van der Waals surface area contributed by atoms with Gasteiger partial charge >= 0.3 is 5.97 Å². The van der Waals surface area contributed by atoms with Crippen LogP contribution in [0.1, 0.15) is 245 Å². The number of aliphatic hydroxyl groups is 7. The summed E-state index contributed by atoms with van der Waals surface area (Å²) in [7, 11) is 0. The molecule has 0 radical (unpaired) electrons. The topological polar surface area (TPSA) is 214 Å². The molecule has 0 aromatic rings. The average molecular weight is 1020 g/mol. The van der Waals surface area contributed by atoms with Crippen molar-refractivity contribution in [3.63, 3.8) is 0 Å². The molecule has 0 aromatic carbocycles. The second kappa shape index (κ2) is 45.0. The van der Waals surface area contributed by atoms with Gasteiger partial charge in [-0.05, 0) is 38.5 Å². The number of carbonyl (C=O) groups excluding carboxylic acids is 1. The summed E-state index contributed by atoms with van der Waals surface area (Å²) < 4.78 is 34.4. The van der Waals surface area contributed by atoms with Crippen LogP contribution < -0.4 is 0 Å². The largest absolute Gasteiger partial charge is 0.457 e. The second-order valence-electron chi connectivity index (χ2n) is 20.8. The number of aliphatic hydroxyl groups excluding tert-OH is 7. The Kier molecular flexibility index (Phi) is 41.7. The third-order valence-electron chi connectivity index (χ3n) is 14.3. The van der Waals surface area contributed by atoms with Gasteiger partial charge in [0.05, 0.1) is 26.4 Å². The molecule has 11 unspecified atom stereocenters. The predicted octanol–water partition coefficient (Wildman–Crippen LogP) is 10.2. The van der Waals surface area contributed by atoms with Crippen LogP contribution in [0.2, 0.25) is 0 Å². The highest BCUT2D eigenvalue weighted by Gasteiger charge is 2.47. The van der Waals surface area contributed by atoms with Crippen molar-refractivity contribution in [2.24, 2.45) is 0 Å². The summed E-state index contributed by atoms with van der Waals surface area (Å²) in [6.45, 7) is 3.74. The quantitative estimate of drug-likeness (QED) is 0.0172. The summed E-state index contributed by atoms with van der Waals surface area (Å²) in [6.07, 6.45) is 32.7. The molecule has 14 nitrogen and oxygen atoms in total. The van der Waals surface area contributed by atoms with Gasteiger partial charge in [0.25, 0.3) is 0 Å². The fraction of sp³-hybridized carbons (Fsp3) is 0.947. The summed E-state index contributed by atoms with van der Waals surface area (Å²) in [4.78, 5) is 13.1. The first-order chi connectivity index (χ1) is 34.6. The first kappa shape index (κ1) is 65.8. The molecule has 0 aromatic heterocycles. The van der Waals surface area contributed by atoms with Crippen LogP contribution in [0.15, 0.2) is 12.2 Å². The first-order valence-corrected chi connectivity index (χ1v) is 29.3. The Morgan fingerprint density at radius 1 is 0.451 bits per heavy atom. The molecule has 2 aliphatic heterocycles. The maximum atomic E-state index is 13.1. The summed E-state index contributed by atoms with van der Waals surface area (Å²) in [5, 5.41) is 72.3. The van der Waals surface area contributed by atoms with Crippen molar-refractivity contribution in [1.29, 1.82) is 0 Å². The molecule has 7 N–H and O–H groups in total. The lowest BCUT2D eigenvalue weighted by atomic mass is 9.98. The molecule has 2 aliphatic rings. The van der Waals surface area contributed by atoms with Crippen LogP contribution in [-0.4, -0.2) is 142 Å². The molecule has 2 heterocycles. The van der Waals surface area contributed by atoms with Crippen molar-refractivity contribution in [3.8, 4) is 0 Å². The summed E-state index contributed by atoms with van der Waals surface area (Å²) in [5.41, 5.74) is 0. The van der Waals surface area contributed by atoms with Crippen molar-refractivity contribution in [2.45, 2.75) is 313 Å². The molecule has 71 heavy (non-hydrogen) atoms. The zero-order valence-electron chi connectivity index (χ0n) is 45.0. The number of hydrogen-bond donors (Lipinski definition) is 7. The van der Waals surface area contributed by atoms with E-state index >= 15 is 0 Å². The highest BCUT2D eigenvalue weighted by atomic mass is 16.7. The van der Waals surface area contributed by atoms with E-state index in [0.29, 0.717) is 13.0 Å². The second-order valence-corrected chi connectivity index (χ2v) is 20.8. The maximum Gasteiger partial charge on any atom is 0.306 e. The Morgan fingerprint density at radius 2 is 0.831 bits per heavy atom. The number of esters is 1. The van der Waals surface area contributed by atoms with E-state index < -0.39 is 80.7 Å². The predicted molar refractivity (Wildman–Crippen MR) is 280 cm³/mol. The third-order valence-corrected chi connectivity index (χ3v) is 14.3. The third kappa shape index (κ3) is 32.0. The lowest BCUT2D eigenvalue weighted by Gasteiger charge is -2.42. The fourth-order valence-electron chi connectivity index (χ4n) is 9.52. The van der Waals surface area contributed by atoms with Crippen LogP contribution >= 0.6 is 0 Å². The van der Waals surface area contributed by atoms with Gasteiger partial charge in [-0.2, -0.15) is 0 Å². The number of unbranched alkanes of at least 4 members (excludes halogenated alkanes) is 32. The number of rotatable bonds is 48. The van der Waals surface area contributed by atoms with E-state index in [1.807, 2.05) is 0 Å². The van der Waals surface area contributed by atoms with Gasteiger partial charge < -0.3 is 64.2 Å². The van der Waals surface area contributed by atoms with Gasteiger partial charge in [-0.3, -0.25) is 4.79 Å². The van der Waals surface area contributed by atoms with Crippen LogP contribution in [0.5, 0.6) is 0 Å². The zero-order chi connectivity index (χ0) is 51.6. The minimum Gasteiger partial charge on any atom is -0.457 e. The minimum absolute atomic E-state index is 0.0662. The lowest BCUT2D eigenvalue weighted by Crippen LogP contribution is -2.61. The van der Waals surface area contributed by atoms with E-state index in [9.17, 15) is 40.5 Å². The van der Waals surface area contributed by atoms with E-state index in [1.165, 1.54) is 173 Å². The van der Waals surface area contributed by atoms with Crippen molar-refractivity contribution in [2.75, 3.05) is 33.0 Å². The summed E-state index contributed by atoms with van der Waals surface area (Å²) >= 11 is 0. The molecule has 0 bridgehead atoms. The average Bonchev–Trinajstić information content (AvgIpc) is 3.37. The molecule has 11 atom stereocenters. The van der Waals surface area contributed by atoms with Gasteiger partial charge in [-0.15, -0.1) is 0 Å². The molecular formula is C57H108O14. The lowest BCUT2D eigenvalue weighted by molar-refractivity contribution is -0.332. The van der Waals surface area contributed by atoms with Gasteiger partial charge in [0, 0.05) is 13.0 Å². The Hall–Kier alpha value is -1.27. The zero-order valence-corrected chi connectivity index (χ0v) is 45.0. The van der Waals surface area contributed by atoms with E-state index in [1.54, 1.807) is 0 Å². The SMILES string of the molecule is CCCCCCCC/C=C\CCCCCCCCCC(=O)OC(COCCCCCCCCCCCCCCCCCCCCCC)COC1OC(COC2OC(CO)C(O)C(O)C2O)C(O)C(O)C1O. The van der Waals surface area contributed by atoms with Crippen LogP contribution in [0.25, 0.3) is 0 Å². The van der Waals surface area contributed by atoms with Gasteiger partial charge in [0.2, 0.25) is 0 Å². The van der Waals surface area contributed by atoms with E-state index in [4.69, 9.17) is 28.4 Å². The van der Waals surface area contributed by atoms with Gasteiger partial charge in [0.1, 0.15) is 54.9 Å². The molecule has 2 saturated heterocycles. The van der Waals surface area contributed by atoms with Crippen molar-refractivity contribution in [3.05, 3.63) is 12.2 Å². The molecule has 2 fully saturated rings. The first-order valence-electron chi connectivity index (χ1n) is 29.3. The minimum atomic E-state index is -1.70. The molecular weight excluding hydrogens is 909 g/mol. The van der Waals surface area contributed by atoms with Crippen molar-refractivity contribution < 1.29 is 69.0 Å². The smallest absolute Gasteiger partial charge is 0.306 e. The highest BCUT2D eigenvalue weighted by molar-refractivity contribution is 5.69. The van der Waals surface area contributed by atoms with Gasteiger partial charge in [0.15, 0.2) is 12.6 Å². The van der Waals surface area contributed by atoms with Gasteiger partial charge in [-0.25, -0.2) is 0 Å². The molecule has 0 aliphatic carbocycles. The fourth-order valence-corrected chi connectivity index (χ4v) is 9.52. The normalized spacial score (nSPS) is 25.3. The molecule has 14 heteroatoms. The Morgan fingerprint density at radius 3 is 1.28 bits per heavy atom. The monoisotopic (exact) mass is 1020 g/mol. The van der Waals surface area contributed by atoms with Crippen LogP contribution in [0.3, 0.4) is 0 Å². The number of carbonyl (C=O) groups is 1. The van der Waals surface area contributed by atoms with Crippen molar-refractivity contribution in [1.82, 2.24) is 0 Å². The highest BCUT2D eigenvalue weighted by Crippen LogP contribution is 2.27. The molecule has 2 rings (SSSR count). The van der Waals surface area contributed by atoms with Crippen molar-refractivity contribution >= 4 is 5.97 Å². The Bertz CT molecular complexity index is 1230. The van der Waals surface area contributed by atoms with Crippen LogP contribution in [0.4, 0.5) is 0 Å². The van der Waals surface area contributed by atoms with E-state index in [-0.39, 0.29) is 25.6 Å². The number of hydrogen-bond acceptors (Lipinski definition) is 14. The van der Waals surface area contributed by atoms with E-state index in [0.717, 1.165) is 44.9 Å². The Balaban J connectivity index is 1.71.